The molecule has 0 radical (unpaired) electrons. The van der Waals surface area contributed by atoms with Gasteiger partial charge in [0.2, 0.25) is 5.95 Å². The second-order valence-corrected chi connectivity index (χ2v) is 8.06. The van der Waals surface area contributed by atoms with Gasteiger partial charge in [0.1, 0.15) is 11.3 Å². The number of carbonyl (C=O) groups is 2. The van der Waals surface area contributed by atoms with E-state index in [1.54, 1.807) is 36.7 Å². The summed E-state index contributed by atoms with van der Waals surface area (Å²) in [4.78, 5) is 44.8. The normalized spacial score (nSPS) is 13.9. The number of nitrogens with zero attached hydrogens (tertiary/aromatic N) is 5. The van der Waals surface area contributed by atoms with Gasteiger partial charge in [0, 0.05) is 55.3 Å². The molecule has 1 aliphatic rings. The summed E-state index contributed by atoms with van der Waals surface area (Å²) < 4.78 is 0. The fraction of sp³-hybridized carbons (Fsp3) is 0.208. The Morgan fingerprint density at radius 2 is 1.71 bits per heavy atom. The molecule has 4 aromatic rings. The van der Waals surface area contributed by atoms with Crippen molar-refractivity contribution in [3.8, 4) is 11.4 Å². The van der Waals surface area contributed by atoms with Gasteiger partial charge in [-0.3, -0.25) is 9.59 Å². The number of rotatable bonds is 5. The van der Waals surface area contributed by atoms with Crippen molar-refractivity contribution in [1.82, 2.24) is 24.8 Å². The summed E-state index contributed by atoms with van der Waals surface area (Å²) in [5.74, 6) is 0.629. The number of primary amides is 1. The minimum atomic E-state index is -0.529. The Kier molecular flexibility index (Phi) is 5.64. The molecule has 0 unspecified atom stereocenters. The van der Waals surface area contributed by atoms with Crippen LogP contribution in [0.2, 0.25) is 0 Å². The maximum Gasteiger partial charge on any atom is 0.253 e. The van der Waals surface area contributed by atoms with Crippen molar-refractivity contribution in [2.24, 2.45) is 5.73 Å². The highest BCUT2D eigenvalue weighted by Gasteiger charge is 2.23. The lowest BCUT2D eigenvalue weighted by Crippen LogP contribution is -2.49. The molecule has 0 bridgehead atoms. The van der Waals surface area contributed by atoms with Crippen LogP contribution in [0, 0.1) is 0 Å². The highest BCUT2D eigenvalue weighted by atomic mass is 16.3. The number of H-pyrrole nitrogens is 1. The standard InChI is InChI=1S/C24H23N7O3/c25-21(33)18-2-1-3-19-20(18)29-22(28-19)16-4-6-17(7-5-16)23(34)30-8-10-31(11-9-30)24-26-12-15(14-32)13-27-24/h1-7,12-13,32H,8-11,14H2,(H2,25,33)(H,28,29). The number of aliphatic hydroxyl groups excluding tert-OH is 1. The van der Waals surface area contributed by atoms with Crippen molar-refractivity contribution in [3.05, 3.63) is 71.5 Å². The van der Waals surface area contributed by atoms with E-state index in [1.807, 2.05) is 28.0 Å². The average molecular weight is 457 g/mol. The first-order valence-corrected chi connectivity index (χ1v) is 10.9. The lowest BCUT2D eigenvalue weighted by atomic mass is 10.1. The van der Waals surface area contributed by atoms with Gasteiger partial charge >= 0.3 is 0 Å². The third-order valence-corrected chi connectivity index (χ3v) is 5.91. The van der Waals surface area contributed by atoms with Gasteiger partial charge in [-0.2, -0.15) is 0 Å². The number of piperazine rings is 1. The SMILES string of the molecule is NC(=O)c1cccc2[nH]c(-c3ccc(C(=O)N4CCN(c5ncc(CO)cn5)CC4)cc3)nc12. The molecule has 3 heterocycles. The molecule has 1 saturated heterocycles. The zero-order valence-electron chi connectivity index (χ0n) is 18.3. The number of nitrogens with two attached hydrogens (primary N) is 1. The van der Waals surface area contributed by atoms with Crippen LogP contribution in [0.4, 0.5) is 5.95 Å². The van der Waals surface area contributed by atoms with Crippen molar-refractivity contribution in [3.63, 3.8) is 0 Å². The van der Waals surface area contributed by atoms with Gasteiger partial charge in [-0.05, 0) is 24.3 Å². The van der Waals surface area contributed by atoms with E-state index in [4.69, 9.17) is 10.8 Å². The van der Waals surface area contributed by atoms with Crippen LogP contribution in [0.5, 0.6) is 0 Å². The molecule has 0 atom stereocenters. The number of aliphatic hydroxyl groups is 1. The van der Waals surface area contributed by atoms with Crippen LogP contribution >= 0.6 is 0 Å². The Morgan fingerprint density at radius 1 is 1.00 bits per heavy atom. The van der Waals surface area contributed by atoms with Gasteiger partial charge in [-0.25, -0.2) is 15.0 Å². The summed E-state index contributed by atoms with van der Waals surface area (Å²) in [7, 11) is 0. The number of carbonyl (C=O) groups excluding carboxylic acids is 2. The number of fused-ring (bicyclic) bond motifs is 1. The molecule has 10 heteroatoms. The highest BCUT2D eigenvalue weighted by Crippen LogP contribution is 2.24. The topological polar surface area (TPSA) is 141 Å². The molecule has 5 rings (SSSR count). The zero-order chi connectivity index (χ0) is 23.7. The number of benzene rings is 2. The molecule has 34 heavy (non-hydrogen) atoms. The monoisotopic (exact) mass is 457 g/mol. The lowest BCUT2D eigenvalue weighted by Gasteiger charge is -2.34. The molecule has 4 N–H and O–H groups in total. The van der Waals surface area contributed by atoms with Gasteiger partial charge in [-0.1, -0.05) is 18.2 Å². The Balaban J connectivity index is 1.27. The van der Waals surface area contributed by atoms with Gasteiger partial charge < -0.3 is 25.6 Å². The Morgan fingerprint density at radius 3 is 2.35 bits per heavy atom. The molecule has 0 aliphatic carbocycles. The summed E-state index contributed by atoms with van der Waals surface area (Å²) in [5.41, 5.74) is 9.12. The Hall–Kier alpha value is -4.31. The van der Waals surface area contributed by atoms with Crippen LogP contribution in [0.25, 0.3) is 22.4 Å². The molecular weight excluding hydrogens is 434 g/mol. The lowest BCUT2D eigenvalue weighted by molar-refractivity contribution is 0.0746. The summed E-state index contributed by atoms with van der Waals surface area (Å²) >= 11 is 0. The van der Waals surface area contributed by atoms with E-state index in [1.165, 1.54) is 0 Å². The molecular formula is C24H23N7O3. The number of anilines is 1. The third-order valence-electron chi connectivity index (χ3n) is 5.91. The van der Waals surface area contributed by atoms with Crippen molar-refractivity contribution < 1.29 is 14.7 Å². The van der Waals surface area contributed by atoms with Crippen LogP contribution < -0.4 is 10.6 Å². The minimum Gasteiger partial charge on any atom is -0.392 e. The molecule has 172 valence electrons. The van der Waals surface area contributed by atoms with Gasteiger partial charge in [-0.15, -0.1) is 0 Å². The van der Waals surface area contributed by atoms with E-state index in [-0.39, 0.29) is 12.5 Å². The number of aromatic nitrogens is 4. The molecule has 0 spiro atoms. The molecule has 2 amide bonds. The largest absolute Gasteiger partial charge is 0.392 e. The van der Waals surface area contributed by atoms with Crippen molar-refractivity contribution >= 4 is 28.8 Å². The molecule has 1 fully saturated rings. The molecule has 0 saturated carbocycles. The fourth-order valence-corrected chi connectivity index (χ4v) is 4.02. The summed E-state index contributed by atoms with van der Waals surface area (Å²) in [5, 5.41) is 9.13. The quantitative estimate of drug-likeness (QED) is 0.413. The number of nitrogens with one attached hydrogen (secondary N) is 1. The average Bonchev–Trinajstić information content (AvgIpc) is 3.33. The molecule has 2 aromatic carbocycles. The van der Waals surface area contributed by atoms with Crippen LogP contribution in [0.1, 0.15) is 26.3 Å². The van der Waals surface area contributed by atoms with Crippen LogP contribution in [0.15, 0.2) is 54.9 Å². The van der Waals surface area contributed by atoms with E-state index in [9.17, 15) is 9.59 Å². The summed E-state index contributed by atoms with van der Waals surface area (Å²) in [6.45, 7) is 2.29. The van der Waals surface area contributed by atoms with E-state index < -0.39 is 5.91 Å². The maximum absolute atomic E-state index is 13.0. The predicted molar refractivity (Wildman–Crippen MR) is 126 cm³/mol. The number of hydrogen-bond donors (Lipinski definition) is 3. The van der Waals surface area contributed by atoms with Crippen molar-refractivity contribution in [1.29, 1.82) is 0 Å². The minimum absolute atomic E-state index is 0.0385. The van der Waals surface area contributed by atoms with Crippen molar-refractivity contribution in [2.75, 3.05) is 31.1 Å². The number of para-hydroxylation sites is 1. The van der Waals surface area contributed by atoms with Gasteiger partial charge in [0.15, 0.2) is 0 Å². The molecule has 10 nitrogen and oxygen atoms in total. The van der Waals surface area contributed by atoms with Crippen LogP contribution in [-0.4, -0.2) is 67.9 Å². The van der Waals surface area contributed by atoms with Crippen molar-refractivity contribution in [2.45, 2.75) is 6.61 Å². The zero-order valence-corrected chi connectivity index (χ0v) is 18.3. The first kappa shape index (κ1) is 21.5. The Labute approximate surface area is 195 Å². The highest BCUT2D eigenvalue weighted by molar-refractivity contribution is 6.04. The van der Waals surface area contributed by atoms with Gasteiger partial charge in [0.25, 0.3) is 11.8 Å². The number of amides is 2. The number of aromatic amines is 1. The number of imidazole rings is 1. The first-order chi connectivity index (χ1) is 16.5. The van der Waals surface area contributed by atoms with E-state index >= 15 is 0 Å². The maximum atomic E-state index is 13.0. The van der Waals surface area contributed by atoms with Crippen LogP contribution in [0.3, 0.4) is 0 Å². The smallest absolute Gasteiger partial charge is 0.253 e. The second-order valence-electron chi connectivity index (χ2n) is 8.06. The summed E-state index contributed by atoms with van der Waals surface area (Å²) in [6, 6.07) is 12.5. The van der Waals surface area contributed by atoms with E-state index in [2.05, 4.69) is 19.9 Å². The second kappa shape index (κ2) is 8.91. The van der Waals surface area contributed by atoms with Crippen LogP contribution in [-0.2, 0) is 6.61 Å². The van der Waals surface area contributed by atoms with E-state index in [0.717, 1.165) is 11.1 Å². The first-order valence-electron chi connectivity index (χ1n) is 10.9. The molecule has 2 aromatic heterocycles. The van der Waals surface area contributed by atoms with Gasteiger partial charge in [0.05, 0.1) is 17.7 Å². The number of hydrogen-bond acceptors (Lipinski definition) is 7. The fourth-order valence-electron chi connectivity index (χ4n) is 4.02. The predicted octanol–water partition coefficient (Wildman–Crippen LogP) is 1.57. The van der Waals surface area contributed by atoms with E-state index in [0.29, 0.717) is 60.2 Å². The summed E-state index contributed by atoms with van der Waals surface area (Å²) in [6.07, 6.45) is 3.22. The molecule has 1 aliphatic heterocycles. The third kappa shape index (κ3) is 4.06. The Bertz CT molecular complexity index is 1340.